The number of benzene rings is 12. The molecule has 1 heterocycles. The fourth-order valence-electron chi connectivity index (χ4n) is 12.8. The van der Waals surface area contributed by atoms with Gasteiger partial charge in [-0.1, -0.05) is 237 Å². The highest BCUT2D eigenvalue weighted by molar-refractivity contribution is 6.09. The van der Waals surface area contributed by atoms with Gasteiger partial charge in [0, 0.05) is 33.4 Å². The van der Waals surface area contributed by atoms with E-state index in [2.05, 4.69) is 301 Å². The largest absolute Gasteiger partial charge is 0.310 e. The molecule has 0 aliphatic heterocycles. The predicted molar refractivity (Wildman–Crippen MR) is 314 cm³/mol. The van der Waals surface area contributed by atoms with E-state index in [1.807, 2.05) is 0 Å². The number of hydrogen-bond acceptors (Lipinski definition) is 1. The lowest BCUT2D eigenvalue weighted by Gasteiger charge is -2.33. The SMILES string of the molecule is c1ccc(-c2ccccc2-c2ccccc2N(c2ccc(-c3ccc(-c4ccc(-n5c6ccccc6c6ccccc65)cc4)cc3)cc2)c2ccc3c(c2)C2(c4ccccc4-c4ccccc42)c2ccccc2-3)cc1. The molecule has 15 rings (SSSR count). The zero-order valence-electron chi connectivity index (χ0n) is 41.1. The van der Waals surface area contributed by atoms with Gasteiger partial charge in [0.2, 0.25) is 0 Å². The van der Waals surface area contributed by atoms with Gasteiger partial charge in [-0.3, -0.25) is 0 Å². The fourth-order valence-corrected chi connectivity index (χ4v) is 12.8. The smallest absolute Gasteiger partial charge is 0.0726 e. The van der Waals surface area contributed by atoms with Crippen LogP contribution in [0.4, 0.5) is 17.1 Å². The molecule has 75 heavy (non-hydrogen) atoms. The van der Waals surface area contributed by atoms with Crippen molar-refractivity contribution in [3.8, 4) is 72.4 Å². The second kappa shape index (κ2) is 17.2. The maximum atomic E-state index is 2.50. The number of aromatic nitrogens is 1. The van der Waals surface area contributed by atoms with E-state index in [0.717, 1.165) is 33.9 Å². The van der Waals surface area contributed by atoms with E-state index in [0.29, 0.717) is 0 Å². The Hall–Kier alpha value is -9.76. The molecule has 2 nitrogen and oxygen atoms in total. The zero-order valence-corrected chi connectivity index (χ0v) is 41.1. The van der Waals surface area contributed by atoms with E-state index in [1.54, 1.807) is 0 Å². The molecular weight excluding hydrogens is 905 g/mol. The number of para-hydroxylation sites is 3. The maximum Gasteiger partial charge on any atom is 0.0726 e. The summed E-state index contributed by atoms with van der Waals surface area (Å²) in [7, 11) is 0. The Kier molecular flexibility index (Phi) is 9.83. The quantitative estimate of drug-likeness (QED) is 0.147. The Morgan fingerprint density at radius 3 is 1.21 bits per heavy atom. The van der Waals surface area contributed by atoms with E-state index in [-0.39, 0.29) is 0 Å². The summed E-state index contributed by atoms with van der Waals surface area (Å²) in [5, 5.41) is 2.54. The Morgan fingerprint density at radius 2 is 0.653 bits per heavy atom. The van der Waals surface area contributed by atoms with E-state index in [1.165, 1.54) is 99.7 Å². The maximum absolute atomic E-state index is 2.50. The van der Waals surface area contributed by atoms with Crippen LogP contribution in [0.5, 0.6) is 0 Å². The Morgan fingerprint density at radius 1 is 0.253 bits per heavy atom. The van der Waals surface area contributed by atoms with Gasteiger partial charge in [-0.25, -0.2) is 0 Å². The van der Waals surface area contributed by atoms with Gasteiger partial charge in [0.1, 0.15) is 0 Å². The van der Waals surface area contributed by atoms with Gasteiger partial charge in [0.05, 0.1) is 22.1 Å². The molecule has 1 aromatic heterocycles. The molecule has 350 valence electrons. The molecule has 13 aromatic rings. The molecule has 0 radical (unpaired) electrons. The third-order valence-corrected chi connectivity index (χ3v) is 16.1. The average Bonchev–Trinajstić information content (AvgIpc) is 4.10. The first-order chi connectivity index (χ1) is 37.2. The second-order valence-electron chi connectivity index (χ2n) is 19.9. The Labute approximate surface area is 437 Å². The minimum Gasteiger partial charge on any atom is -0.310 e. The van der Waals surface area contributed by atoms with Crippen LogP contribution in [0.2, 0.25) is 0 Å². The van der Waals surface area contributed by atoms with Crippen LogP contribution in [0.1, 0.15) is 22.3 Å². The number of nitrogens with zero attached hydrogens (tertiary/aromatic N) is 2. The molecule has 2 aliphatic rings. The summed E-state index contributed by atoms with van der Waals surface area (Å²) in [5.74, 6) is 0. The van der Waals surface area contributed by atoms with Gasteiger partial charge >= 0.3 is 0 Å². The van der Waals surface area contributed by atoms with Crippen LogP contribution in [0.25, 0.3) is 94.3 Å². The van der Waals surface area contributed by atoms with E-state index in [9.17, 15) is 0 Å². The summed E-state index contributed by atoms with van der Waals surface area (Å²) in [4.78, 5) is 2.48. The van der Waals surface area contributed by atoms with Crippen molar-refractivity contribution < 1.29 is 0 Å². The summed E-state index contributed by atoms with van der Waals surface area (Å²) in [6.45, 7) is 0. The monoisotopic (exact) mass is 952 g/mol. The molecule has 0 unspecified atom stereocenters. The number of anilines is 3. The van der Waals surface area contributed by atoms with E-state index in [4.69, 9.17) is 0 Å². The van der Waals surface area contributed by atoms with Crippen molar-refractivity contribution in [3.05, 3.63) is 313 Å². The van der Waals surface area contributed by atoms with Crippen LogP contribution >= 0.6 is 0 Å². The second-order valence-corrected chi connectivity index (χ2v) is 19.9. The van der Waals surface area contributed by atoms with Crippen molar-refractivity contribution in [1.82, 2.24) is 4.57 Å². The summed E-state index contributed by atoms with van der Waals surface area (Å²) in [5.41, 5.74) is 26.4. The van der Waals surface area contributed by atoms with Crippen molar-refractivity contribution in [2.75, 3.05) is 4.90 Å². The molecule has 0 atom stereocenters. The highest BCUT2D eigenvalue weighted by atomic mass is 15.1. The summed E-state index contributed by atoms with van der Waals surface area (Å²) < 4.78 is 2.37. The van der Waals surface area contributed by atoms with Crippen LogP contribution in [-0.2, 0) is 5.41 Å². The third-order valence-electron chi connectivity index (χ3n) is 16.1. The molecular formula is C73H48N2. The van der Waals surface area contributed by atoms with Gasteiger partial charge in [0.15, 0.2) is 0 Å². The topological polar surface area (TPSA) is 8.17 Å². The molecule has 2 heteroatoms. The lowest BCUT2D eigenvalue weighted by molar-refractivity contribution is 0.793. The molecule has 12 aromatic carbocycles. The summed E-state index contributed by atoms with van der Waals surface area (Å²) in [6, 6.07) is 107. The lowest BCUT2D eigenvalue weighted by Crippen LogP contribution is -2.26. The van der Waals surface area contributed by atoms with Crippen LogP contribution < -0.4 is 4.90 Å². The summed E-state index contributed by atoms with van der Waals surface area (Å²) >= 11 is 0. The molecule has 1 spiro atoms. The molecule has 0 saturated carbocycles. The van der Waals surface area contributed by atoms with Crippen molar-refractivity contribution >= 4 is 38.9 Å². The van der Waals surface area contributed by atoms with Crippen LogP contribution in [-0.4, -0.2) is 4.57 Å². The Bertz CT molecular complexity index is 4220. The lowest BCUT2D eigenvalue weighted by atomic mass is 9.70. The molecule has 0 fully saturated rings. The summed E-state index contributed by atoms with van der Waals surface area (Å²) in [6.07, 6.45) is 0. The van der Waals surface area contributed by atoms with Gasteiger partial charge in [-0.05, 0) is 138 Å². The first-order valence-electron chi connectivity index (χ1n) is 26.0. The van der Waals surface area contributed by atoms with E-state index < -0.39 is 5.41 Å². The first kappa shape index (κ1) is 42.9. The van der Waals surface area contributed by atoms with Crippen molar-refractivity contribution in [3.63, 3.8) is 0 Å². The third kappa shape index (κ3) is 6.60. The van der Waals surface area contributed by atoms with Crippen LogP contribution in [0.15, 0.2) is 291 Å². The standard InChI is InChI=1S/C73H48N2/c1-2-18-53(19-3-1)57-20-4-5-21-58(57)63-25-9-15-31-70(63)74(56-46-47-62-61-24-8-14-30-68(61)73(69(62)48-56)66-28-12-6-22-59(66)60-23-7-13-29-67(60)73)54-42-38-51(39-43-54)49-34-36-50(37-35-49)52-40-44-55(45-41-52)75-71-32-16-10-26-64(71)65-27-11-17-33-72(65)75/h1-48H. The van der Waals surface area contributed by atoms with Gasteiger partial charge in [0.25, 0.3) is 0 Å². The minimum atomic E-state index is -0.468. The zero-order chi connectivity index (χ0) is 49.5. The molecule has 0 amide bonds. The highest BCUT2D eigenvalue weighted by Gasteiger charge is 2.51. The fraction of sp³-hybridized carbons (Fsp3) is 0.0137. The van der Waals surface area contributed by atoms with Gasteiger partial charge in [-0.15, -0.1) is 0 Å². The number of fused-ring (bicyclic) bond motifs is 13. The minimum absolute atomic E-state index is 0.468. The van der Waals surface area contributed by atoms with Crippen LogP contribution in [0.3, 0.4) is 0 Å². The van der Waals surface area contributed by atoms with Crippen molar-refractivity contribution in [1.29, 1.82) is 0 Å². The van der Waals surface area contributed by atoms with Crippen molar-refractivity contribution in [2.45, 2.75) is 5.41 Å². The molecule has 0 N–H and O–H groups in total. The first-order valence-corrected chi connectivity index (χ1v) is 26.0. The Balaban J connectivity index is 0.840. The van der Waals surface area contributed by atoms with Crippen molar-refractivity contribution in [2.24, 2.45) is 0 Å². The van der Waals surface area contributed by atoms with Crippen LogP contribution in [0, 0.1) is 0 Å². The number of hydrogen-bond donors (Lipinski definition) is 0. The number of rotatable bonds is 8. The highest BCUT2D eigenvalue weighted by Crippen LogP contribution is 2.63. The van der Waals surface area contributed by atoms with Gasteiger partial charge < -0.3 is 9.47 Å². The predicted octanol–water partition coefficient (Wildman–Crippen LogP) is 19.3. The average molecular weight is 953 g/mol. The molecule has 0 saturated heterocycles. The molecule has 2 aliphatic carbocycles. The molecule has 0 bridgehead atoms. The van der Waals surface area contributed by atoms with E-state index >= 15 is 0 Å². The van der Waals surface area contributed by atoms with Gasteiger partial charge in [-0.2, -0.15) is 0 Å². The normalized spacial score (nSPS) is 12.6.